The van der Waals surface area contributed by atoms with E-state index in [1.807, 2.05) is 0 Å². The highest BCUT2D eigenvalue weighted by molar-refractivity contribution is 4.83. The minimum absolute atomic E-state index is 0.493. The molecule has 0 amide bonds. The van der Waals surface area contributed by atoms with Crippen molar-refractivity contribution in [1.29, 1.82) is 0 Å². The van der Waals surface area contributed by atoms with E-state index in [-0.39, 0.29) is 0 Å². The second-order valence-corrected chi connectivity index (χ2v) is 5.64. The van der Waals surface area contributed by atoms with Crippen molar-refractivity contribution >= 4 is 0 Å². The average molecular weight is 211 g/mol. The quantitative estimate of drug-likeness (QED) is 0.731. The monoisotopic (exact) mass is 211 g/mol. The van der Waals surface area contributed by atoms with Crippen molar-refractivity contribution in [1.82, 2.24) is 0 Å². The van der Waals surface area contributed by atoms with Crippen LogP contribution >= 0.6 is 0 Å². The van der Waals surface area contributed by atoms with Gasteiger partial charge in [0.2, 0.25) is 0 Å². The van der Waals surface area contributed by atoms with Gasteiger partial charge in [-0.1, -0.05) is 40.0 Å². The van der Waals surface area contributed by atoms with Gasteiger partial charge in [0.25, 0.3) is 0 Å². The molecule has 0 aromatic rings. The molecule has 1 fully saturated rings. The Labute approximate surface area is 95.8 Å². The van der Waals surface area contributed by atoms with Gasteiger partial charge in [0.05, 0.1) is 0 Å². The summed E-state index contributed by atoms with van der Waals surface area (Å²) in [5, 5.41) is 0. The Kier molecular flexibility index (Phi) is 5.66. The summed E-state index contributed by atoms with van der Waals surface area (Å²) in [5.74, 6) is 2.65. The molecule has 1 nitrogen and oxygen atoms in total. The van der Waals surface area contributed by atoms with Crippen LogP contribution in [0.5, 0.6) is 0 Å². The molecule has 4 atom stereocenters. The summed E-state index contributed by atoms with van der Waals surface area (Å²) in [7, 11) is 0. The van der Waals surface area contributed by atoms with Gasteiger partial charge in [0.15, 0.2) is 0 Å². The molecular formula is C14H29N. The first-order valence-corrected chi connectivity index (χ1v) is 6.92. The molecule has 1 rings (SSSR count). The van der Waals surface area contributed by atoms with Crippen LogP contribution in [0.15, 0.2) is 0 Å². The molecule has 0 spiro atoms. The van der Waals surface area contributed by atoms with E-state index in [4.69, 9.17) is 5.73 Å². The van der Waals surface area contributed by atoms with E-state index in [2.05, 4.69) is 20.8 Å². The molecule has 0 aromatic carbocycles. The molecule has 1 saturated carbocycles. The zero-order valence-corrected chi connectivity index (χ0v) is 10.8. The SMILES string of the molecule is CCCC1CCC(N)C(CC(C)CC)C1. The van der Waals surface area contributed by atoms with E-state index < -0.39 is 0 Å². The molecule has 90 valence electrons. The smallest absolute Gasteiger partial charge is 0.00674 e. The van der Waals surface area contributed by atoms with Crippen LogP contribution < -0.4 is 5.73 Å². The number of hydrogen-bond donors (Lipinski definition) is 1. The average Bonchev–Trinajstić information content (AvgIpc) is 2.23. The predicted molar refractivity (Wildman–Crippen MR) is 67.8 cm³/mol. The molecular weight excluding hydrogens is 182 g/mol. The molecule has 2 N–H and O–H groups in total. The summed E-state index contributed by atoms with van der Waals surface area (Å²) in [5.41, 5.74) is 6.24. The summed E-state index contributed by atoms with van der Waals surface area (Å²) >= 11 is 0. The summed E-state index contributed by atoms with van der Waals surface area (Å²) < 4.78 is 0. The minimum Gasteiger partial charge on any atom is -0.327 e. The van der Waals surface area contributed by atoms with Gasteiger partial charge in [-0.15, -0.1) is 0 Å². The molecule has 0 aromatic heterocycles. The Hall–Kier alpha value is -0.0400. The molecule has 1 aliphatic rings. The maximum Gasteiger partial charge on any atom is 0.00674 e. The third-order valence-electron chi connectivity index (χ3n) is 4.25. The van der Waals surface area contributed by atoms with Gasteiger partial charge in [0.1, 0.15) is 0 Å². The zero-order valence-electron chi connectivity index (χ0n) is 10.8. The highest BCUT2D eigenvalue weighted by Crippen LogP contribution is 2.35. The lowest BCUT2D eigenvalue weighted by atomic mass is 9.73. The molecule has 0 aliphatic heterocycles. The van der Waals surface area contributed by atoms with Crippen LogP contribution in [0.25, 0.3) is 0 Å². The van der Waals surface area contributed by atoms with Crippen molar-refractivity contribution in [2.24, 2.45) is 23.5 Å². The summed E-state index contributed by atoms with van der Waals surface area (Å²) in [4.78, 5) is 0. The van der Waals surface area contributed by atoms with Crippen molar-refractivity contribution < 1.29 is 0 Å². The van der Waals surface area contributed by atoms with Crippen LogP contribution in [0.3, 0.4) is 0 Å². The lowest BCUT2D eigenvalue weighted by molar-refractivity contribution is 0.192. The van der Waals surface area contributed by atoms with Crippen LogP contribution in [0, 0.1) is 17.8 Å². The predicted octanol–water partition coefficient (Wildman–Crippen LogP) is 3.97. The first kappa shape index (κ1) is 13.0. The van der Waals surface area contributed by atoms with E-state index in [1.165, 1.54) is 44.9 Å². The molecule has 0 bridgehead atoms. The molecule has 0 radical (unpaired) electrons. The molecule has 0 saturated heterocycles. The summed E-state index contributed by atoms with van der Waals surface area (Å²) in [6.07, 6.45) is 9.48. The Bertz CT molecular complexity index is 167. The molecule has 4 unspecified atom stereocenters. The Balaban J connectivity index is 2.39. The number of hydrogen-bond acceptors (Lipinski definition) is 1. The van der Waals surface area contributed by atoms with Gasteiger partial charge >= 0.3 is 0 Å². The lowest BCUT2D eigenvalue weighted by Crippen LogP contribution is -2.37. The molecule has 1 aliphatic carbocycles. The maximum absolute atomic E-state index is 6.24. The fraction of sp³-hybridized carbons (Fsp3) is 1.00. The first-order valence-electron chi connectivity index (χ1n) is 6.92. The Morgan fingerprint density at radius 1 is 1.27 bits per heavy atom. The maximum atomic E-state index is 6.24. The number of rotatable bonds is 5. The first-order chi connectivity index (χ1) is 7.17. The van der Waals surface area contributed by atoms with Crippen LogP contribution in [0.2, 0.25) is 0 Å². The van der Waals surface area contributed by atoms with Crippen LogP contribution in [-0.2, 0) is 0 Å². The summed E-state index contributed by atoms with van der Waals surface area (Å²) in [6.45, 7) is 6.97. The second kappa shape index (κ2) is 6.52. The highest BCUT2D eigenvalue weighted by Gasteiger charge is 2.28. The Morgan fingerprint density at radius 3 is 2.60 bits per heavy atom. The van der Waals surface area contributed by atoms with Crippen molar-refractivity contribution in [2.75, 3.05) is 0 Å². The largest absolute Gasteiger partial charge is 0.327 e. The summed E-state index contributed by atoms with van der Waals surface area (Å²) in [6, 6.07) is 0.493. The third-order valence-corrected chi connectivity index (χ3v) is 4.25. The van der Waals surface area contributed by atoms with Gasteiger partial charge in [-0.2, -0.15) is 0 Å². The van der Waals surface area contributed by atoms with Crippen molar-refractivity contribution in [3.63, 3.8) is 0 Å². The van der Waals surface area contributed by atoms with Gasteiger partial charge in [-0.05, 0) is 43.4 Å². The lowest BCUT2D eigenvalue weighted by Gasteiger charge is -2.35. The van der Waals surface area contributed by atoms with Crippen LogP contribution in [-0.4, -0.2) is 6.04 Å². The second-order valence-electron chi connectivity index (χ2n) is 5.64. The third kappa shape index (κ3) is 4.14. The normalized spacial score (nSPS) is 34.0. The fourth-order valence-electron chi connectivity index (χ4n) is 3.01. The topological polar surface area (TPSA) is 26.0 Å². The van der Waals surface area contributed by atoms with Crippen molar-refractivity contribution in [2.45, 2.75) is 71.8 Å². The van der Waals surface area contributed by atoms with E-state index in [0.29, 0.717) is 6.04 Å². The molecule has 1 heteroatoms. The zero-order chi connectivity index (χ0) is 11.3. The minimum atomic E-state index is 0.493. The van der Waals surface area contributed by atoms with E-state index in [9.17, 15) is 0 Å². The van der Waals surface area contributed by atoms with Crippen LogP contribution in [0.1, 0.15) is 65.7 Å². The van der Waals surface area contributed by atoms with Crippen molar-refractivity contribution in [3.05, 3.63) is 0 Å². The van der Waals surface area contributed by atoms with Gasteiger partial charge in [0, 0.05) is 6.04 Å². The van der Waals surface area contributed by atoms with E-state index >= 15 is 0 Å². The van der Waals surface area contributed by atoms with E-state index in [0.717, 1.165) is 17.8 Å². The highest BCUT2D eigenvalue weighted by atomic mass is 14.7. The van der Waals surface area contributed by atoms with Gasteiger partial charge in [-0.25, -0.2) is 0 Å². The molecule has 0 heterocycles. The standard InChI is InChI=1S/C14H29N/c1-4-6-12-7-8-14(15)13(10-12)9-11(3)5-2/h11-14H,4-10,15H2,1-3H3. The van der Waals surface area contributed by atoms with Crippen LogP contribution in [0.4, 0.5) is 0 Å². The molecule has 15 heavy (non-hydrogen) atoms. The van der Waals surface area contributed by atoms with Gasteiger partial charge < -0.3 is 5.73 Å². The van der Waals surface area contributed by atoms with E-state index in [1.54, 1.807) is 0 Å². The van der Waals surface area contributed by atoms with Gasteiger partial charge in [-0.3, -0.25) is 0 Å². The Morgan fingerprint density at radius 2 is 2.00 bits per heavy atom. The number of nitrogens with two attached hydrogens (primary N) is 1. The fourth-order valence-corrected chi connectivity index (χ4v) is 3.01. The van der Waals surface area contributed by atoms with Crippen molar-refractivity contribution in [3.8, 4) is 0 Å².